The van der Waals surface area contributed by atoms with E-state index in [1.54, 1.807) is 6.07 Å². The summed E-state index contributed by atoms with van der Waals surface area (Å²) in [6, 6.07) is 4.97. The molecule has 1 saturated carbocycles. The number of amides is 4. The van der Waals surface area contributed by atoms with Crippen LogP contribution >= 0.6 is 0 Å². The van der Waals surface area contributed by atoms with Crippen LogP contribution < -0.4 is 10.6 Å². The van der Waals surface area contributed by atoms with Crippen LogP contribution in [0.3, 0.4) is 0 Å². The van der Waals surface area contributed by atoms with E-state index in [-0.39, 0.29) is 24.2 Å². The molecule has 0 spiro atoms. The number of piperidine rings is 1. The van der Waals surface area contributed by atoms with Crippen molar-refractivity contribution in [3.8, 4) is 0 Å². The Morgan fingerprint density at radius 3 is 2.77 bits per heavy atom. The van der Waals surface area contributed by atoms with Crippen molar-refractivity contribution in [2.24, 2.45) is 5.41 Å². The highest BCUT2D eigenvalue weighted by atomic mass is 16.2. The van der Waals surface area contributed by atoms with Gasteiger partial charge in [-0.2, -0.15) is 0 Å². The Labute approximate surface area is 181 Å². The van der Waals surface area contributed by atoms with Gasteiger partial charge in [0.2, 0.25) is 11.8 Å². The molecule has 164 valence electrons. The van der Waals surface area contributed by atoms with E-state index in [0.717, 1.165) is 30.1 Å². The molecule has 0 bridgehead atoms. The molecule has 8 nitrogen and oxygen atoms in total. The summed E-state index contributed by atoms with van der Waals surface area (Å²) in [5, 5.41) is 5.93. The lowest BCUT2D eigenvalue weighted by molar-refractivity contribution is -0.136. The SMILES string of the molecule is C[C@]12CCC[C@@H]1NCCN(Cc1cccc3c1C(=O)N(C1CCC(=O)NC1=O)C3=O)C2. The van der Waals surface area contributed by atoms with E-state index < -0.39 is 23.8 Å². The molecule has 3 heterocycles. The van der Waals surface area contributed by atoms with Crippen molar-refractivity contribution in [3.63, 3.8) is 0 Å². The number of nitrogens with zero attached hydrogens (tertiary/aromatic N) is 2. The van der Waals surface area contributed by atoms with Gasteiger partial charge in [0.15, 0.2) is 0 Å². The fourth-order valence-corrected chi connectivity index (χ4v) is 5.85. The van der Waals surface area contributed by atoms with Gasteiger partial charge >= 0.3 is 0 Å². The Kier molecular flexibility index (Phi) is 4.94. The zero-order chi connectivity index (χ0) is 21.8. The lowest BCUT2D eigenvalue weighted by atomic mass is 9.84. The molecule has 2 N–H and O–H groups in total. The Hall–Kier alpha value is -2.58. The number of nitrogens with one attached hydrogen (secondary N) is 2. The van der Waals surface area contributed by atoms with Crippen molar-refractivity contribution >= 4 is 23.6 Å². The van der Waals surface area contributed by atoms with Gasteiger partial charge in [0.25, 0.3) is 11.8 Å². The van der Waals surface area contributed by atoms with Gasteiger partial charge in [0.1, 0.15) is 6.04 Å². The molecule has 0 radical (unpaired) electrons. The number of imide groups is 2. The molecule has 4 aliphatic rings. The summed E-state index contributed by atoms with van der Waals surface area (Å²) in [6.45, 7) is 5.67. The second kappa shape index (κ2) is 7.53. The molecule has 3 atom stereocenters. The van der Waals surface area contributed by atoms with Gasteiger partial charge in [-0.05, 0) is 36.3 Å². The second-order valence-electron chi connectivity index (χ2n) is 9.55. The summed E-state index contributed by atoms with van der Waals surface area (Å²) in [6.07, 6.45) is 3.92. The van der Waals surface area contributed by atoms with Crippen LogP contribution in [-0.4, -0.2) is 65.1 Å². The molecule has 3 aliphatic heterocycles. The van der Waals surface area contributed by atoms with Crippen molar-refractivity contribution in [2.45, 2.75) is 57.7 Å². The monoisotopic (exact) mass is 424 g/mol. The van der Waals surface area contributed by atoms with Gasteiger partial charge < -0.3 is 5.32 Å². The molecule has 3 fully saturated rings. The highest BCUT2D eigenvalue weighted by Crippen LogP contribution is 2.40. The first-order chi connectivity index (χ1) is 14.9. The number of fused-ring (bicyclic) bond motifs is 2. The maximum Gasteiger partial charge on any atom is 0.262 e. The predicted molar refractivity (Wildman–Crippen MR) is 112 cm³/mol. The minimum absolute atomic E-state index is 0.122. The molecule has 5 rings (SSSR count). The van der Waals surface area contributed by atoms with Crippen LogP contribution in [0.5, 0.6) is 0 Å². The zero-order valence-electron chi connectivity index (χ0n) is 17.8. The largest absolute Gasteiger partial charge is 0.312 e. The van der Waals surface area contributed by atoms with Crippen LogP contribution in [0.2, 0.25) is 0 Å². The minimum Gasteiger partial charge on any atom is -0.312 e. The summed E-state index contributed by atoms with van der Waals surface area (Å²) in [5.74, 6) is -1.82. The van der Waals surface area contributed by atoms with Crippen molar-refractivity contribution in [2.75, 3.05) is 19.6 Å². The number of rotatable bonds is 3. The van der Waals surface area contributed by atoms with Crippen LogP contribution in [0.1, 0.15) is 65.3 Å². The zero-order valence-corrected chi connectivity index (χ0v) is 17.8. The quantitative estimate of drug-likeness (QED) is 0.704. The summed E-state index contributed by atoms with van der Waals surface area (Å²) < 4.78 is 0. The number of benzene rings is 1. The van der Waals surface area contributed by atoms with Gasteiger partial charge in [-0.15, -0.1) is 0 Å². The van der Waals surface area contributed by atoms with Gasteiger partial charge in [-0.3, -0.25) is 34.3 Å². The third kappa shape index (κ3) is 3.38. The average molecular weight is 425 g/mol. The van der Waals surface area contributed by atoms with Crippen LogP contribution in [0.15, 0.2) is 18.2 Å². The van der Waals surface area contributed by atoms with Crippen LogP contribution in [-0.2, 0) is 16.1 Å². The summed E-state index contributed by atoms with van der Waals surface area (Å²) >= 11 is 0. The predicted octanol–water partition coefficient (Wildman–Crippen LogP) is 1.05. The highest BCUT2D eigenvalue weighted by molar-refractivity contribution is 6.24. The number of hydrogen-bond acceptors (Lipinski definition) is 6. The van der Waals surface area contributed by atoms with E-state index in [1.807, 2.05) is 12.1 Å². The Bertz CT molecular complexity index is 976. The van der Waals surface area contributed by atoms with Gasteiger partial charge in [0.05, 0.1) is 11.1 Å². The van der Waals surface area contributed by atoms with Crippen molar-refractivity contribution in [1.29, 1.82) is 0 Å². The van der Waals surface area contributed by atoms with Crippen molar-refractivity contribution in [3.05, 3.63) is 34.9 Å². The van der Waals surface area contributed by atoms with Crippen LogP contribution in [0, 0.1) is 5.41 Å². The lowest BCUT2D eigenvalue weighted by Crippen LogP contribution is -2.54. The van der Waals surface area contributed by atoms with Crippen molar-refractivity contribution in [1.82, 2.24) is 20.4 Å². The Morgan fingerprint density at radius 2 is 1.97 bits per heavy atom. The first-order valence-corrected chi connectivity index (χ1v) is 11.2. The molecule has 2 saturated heterocycles. The normalized spacial score (nSPS) is 31.5. The Balaban J connectivity index is 1.41. The van der Waals surface area contributed by atoms with E-state index in [4.69, 9.17) is 0 Å². The molecule has 1 unspecified atom stereocenters. The molecule has 1 aromatic carbocycles. The van der Waals surface area contributed by atoms with E-state index in [0.29, 0.717) is 23.7 Å². The smallest absolute Gasteiger partial charge is 0.262 e. The molecule has 8 heteroatoms. The summed E-state index contributed by atoms with van der Waals surface area (Å²) in [4.78, 5) is 53.6. The van der Waals surface area contributed by atoms with Crippen molar-refractivity contribution < 1.29 is 19.2 Å². The average Bonchev–Trinajstić information content (AvgIpc) is 3.15. The molecule has 4 amide bonds. The number of carbonyl (C=O) groups is 4. The van der Waals surface area contributed by atoms with Gasteiger partial charge in [0, 0.05) is 38.6 Å². The number of hydrogen-bond donors (Lipinski definition) is 2. The van der Waals surface area contributed by atoms with E-state index in [9.17, 15) is 19.2 Å². The highest BCUT2D eigenvalue weighted by Gasteiger charge is 2.46. The molecular formula is C23H28N4O4. The minimum atomic E-state index is -0.932. The molecular weight excluding hydrogens is 396 g/mol. The Morgan fingerprint density at radius 1 is 1.13 bits per heavy atom. The summed E-state index contributed by atoms with van der Waals surface area (Å²) in [5.41, 5.74) is 1.80. The third-order valence-corrected chi connectivity index (χ3v) is 7.43. The fourth-order valence-electron chi connectivity index (χ4n) is 5.85. The van der Waals surface area contributed by atoms with E-state index in [1.165, 1.54) is 19.3 Å². The van der Waals surface area contributed by atoms with Crippen LogP contribution in [0.25, 0.3) is 0 Å². The summed E-state index contributed by atoms with van der Waals surface area (Å²) in [7, 11) is 0. The molecule has 1 aliphatic carbocycles. The van der Waals surface area contributed by atoms with E-state index in [2.05, 4.69) is 22.5 Å². The topological polar surface area (TPSA) is 98.8 Å². The molecule has 1 aromatic rings. The maximum absolute atomic E-state index is 13.3. The third-order valence-electron chi connectivity index (χ3n) is 7.43. The maximum atomic E-state index is 13.3. The molecule has 0 aromatic heterocycles. The number of carbonyl (C=O) groups excluding carboxylic acids is 4. The molecule has 31 heavy (non-hydrogen) atoms. The first kappa shape index (κ1) is 20.3. The van der Waals surface area contributed by atoms with Gasteiger partial charge in [-0.1, -0.05) is 25.5 Å². The van der Waals surface area contributed by atoms with E-state index >= 15 is 0 Å². The van der Waals surface area contributed by atoms with Crippen LogP contribution in [0.4, 0.5) is 0 Å². The van der Waals surface area contributed by atoms with Gasteiger partial charge in [-0.25, -0.2) is 0 Å². The fraction of sp³-hybridized carbons (Fsp3) is 0.565. The standard InChI is InChI=1S/C23H28N4O4/c1-23-9-3-6-17(23)24-10-11-26(13-23)12-14-4-2-5-15-19(14)22(31)27(21(15)30)16-7-8-18(28)25-20(16)29/h2,4-5,16-17,24H,3,6-13H2,1H3,(H,25,28,29)/t16?,17-,23+/m0/s1. The lowest BCUT2D eigenvalue weighted by Gasteiger charge is -2.33. The second-order valence-corrected chi connectivity index (χ2v) is 9.55. The first-order valence-electron chi connectivity index (χ1n) is 11.2.